The molecule has 3 aliphatic rings. The second-order valence-electron chi connectivity index (χ2n) is 9.50. The van der Waals surface area contributed by atoms with Crippen LogP contribution in [0, 0.1) is 17.8 Å². The van der Waals surface area contributed by atoms with Crippen molar-refractivity contribution >= 4 is 34.8 Å². The van der Waals surface area contributed by atoms with Gasteiger partial charge in [0.1, 0.15) is 17.6 Å². The number of hydrogen-bond donors (Lipinski definition) is 1. The van der Waals surface area contributed by atoms with E-state index in [-0.39, 0.29) is 23.8 Å². The maximum atomic E-state index is 14.1. The molecule has 1 aliphatic carbocycles. The summed E-state index contributed by atoms with van der Waals surface area (Å²) < 4.78 is 2.06. The Morgan fingerprint density at radius 3 is 2.91 bits per heavy atom. The summed E-state index contributed by atoms with van der Waals surface area (Å²) in [6, 6.07) is 5.41. The van der Waals surface area contributed by atoms with Crippen molar-refractivity contribution in [1.29, 1.82) is 0 Å². The molecule has 0 saturated carbocycles. The largest absolute Gasteiger partial charge is 0.325 e. The highest BCUT2D eigenvalue weighted by atomic mass is 35.5. The van der Waals surface area contributed by atoms with E-state index in [2.05, 4.69) is 46.6 Å². The van der Waals surface area contributed by atoms with Gasteiger partial charge >= 0.3 is 0 Å². The molecule has 2 aromatic rings. The number of nitrogens with zero attached hydrogens (tertiary/aromatic N) is 3. The van der Waals surface area contributed by atoms with E-state index in [0.29, 0.717) is 23.8 Å². The third-order valence-electron chi connectivity index (χ3n) is 7.04. The van der Waals surface area contributed by atoms with Crippen LogP contribution in [0.5, 0.6) is 0 Å². The maximum Gasteiger partial charge on any atom is 0.237 e. The summed E-state index contributed by atoms with van der Waals surface area (Å²) in [7, 11) is 0. The van der Waals surface area contributed by atoms with Crippen LogP contribution in [-0.2, 0) is 16.6 Å². The van der Waals surface area contributed by atoms with Crippen LogP contribution in [0.3, 0.4) is 0 Å². The lowest BCUT2D eigenvalue weighted by molar-refractivity contribution is -0.126. The number of anilines is 1. The van der Waals surface area contributed by atoms with E-state index in [1.807, 2.05) is 30.4 Å². The quantitative estimate of drug-likeness (QED) is 0.573. The fraction of sp³-hybridized carbons (Fsp3) is 0.400. The van der Waals surface area contributed by atoms with Gasteiger partial charge in [0.25, 0.3) is 0 Å². The number of aromatic nitrogens is 3. The van der Waals surface area contributed by atoms with Crippen LogP contribution < -0.4 is 5.32 Å². The number of rotatable bonds is 4. The van der Waals surface area contributed by atoms with Crippen molar-refractivity contribution in [3.63, 3.8) is 0 Å². The Kier molecular flexibility index (Phi) is 5.30. The zero-order chi connectivity index (χ0) is 22.6. The summed E-state index contributed by atoms with van der Waals surface area (Å²) in [4.78, 5) is 14.1. The number of hydrogen-bond acceptors (Lipinski definition) is 3. The molecule has 0 saturated heterocycles. The lowest BCUT2D eigenvalue weighted by atomic mass is 9.56. The Morgan fingerprint density at radius 1 is 1.34 bits per heavy atom. The minimum absolute atomic E-state index is 0.0203. The first-order valence-corrected chi connectivity index (χ1v) is 11.8. The van der Waals surface area contributed by atoms with Crippen LogP contribution in [0.25, 0.3) is 0 Å². The van der Waals surface area contributed by atoms with Crippen molar-refractivity contribution < 1.29 is 4.79 Å². The predicted molar refractivity (Wildman–Crippen MR) is 128 cm³/mol. The summed E-state index contributed by atoms with van der Waals surface area (Å²) in [6.07, 6.45) is 9.96. The van der Waals surface area contributed by atoms with Gasteiger partial charge in [0.15, 0.2) is 0 Å². The van der Waals surface area contributed by atoms with Crippen molar-refractivity contribution in [3.8, 4) is 0 Å². The van der Waals surface area contributed by atoms with Gasteiger partial charge in [0.05, 0.1) is 6.04 Å². The number of benzene rings is 1. The number of amides is 1. The molecule has 1 aromatic heterocycles. The Labute approximate surface area is 198 Å². The van der Waals surface area contributed by atoms with Gasteiger partial charge in [0.2, 0.25) is 5.91 Å². The average molecular weight is 469 g/mol. The monoisotopic (exact) mass is 468 g/mol. The fourth-order valence-corrected chi connectivity index (χ4v) is 6.38. The molecule has 32 heavy (non-hydrogen) atoms. The molecular weight excluding hydrogens is 443 g/mol. The van der Waals surface area contributed by atoms with Crippen molar-refractivity contribution in [2.45, 2.75) is 44.6 Å². The average Bonchev–Trinajstić information content (AvgIpc) is 3.29. The smallest absolute Gasteiger partial charge is 0.237 e. The number of carbonyl (C=O) groups is 1. The molecule has 5 rings (SSSR count). The fourth-order valence-electron chi connectivity index (χ4n) is 5.96. The number of carbonyl (C=O) groups excluding carboxylic acids is 1. The minimum atomic E-state index is -0.856. The molecule has 2 aliphatic heterocycles. The molecule has 0 fully saturated rings. The molecule has 1 unspecified atom stereocenters. The molecule has 3 heterocycles. The third kappa shape index (κ3) is 3.17. The SMILES string of the molecule is C=C(CC(C)C)[C@H]1n2cnnc2C[C@@H](C2C=CC=C(Cl)C2)[C@]12C(=O)Nc1cc(Cl)ccc12. The number of halogens is 2. The van der Waals surface area contributed by atoms with Crippen LogP contribution in [0.2, 0.25) is 5.02 Å². The molecule has 1 spiro atoms. The van der Waals surface area contributed by atoms with Crippen LogP contribution in [0.4, 0.5) is 5.69 Å². The normalized spacial score (nSPS) is 28.5. The van der Waals surface area contributed by atoms with Crippen molar-refractivity contribution in [3.05, 3.63) is 76.3 Å². The molecule has 1 aromatic carbocycles. The van der Waals surface area contributed by atoms with Crippen molar-refractivity contribution in [1.82, 2.24) is 14.8 Å². The van der Waals surface area contributed by atoms with E-state index < -0.39 is 5.41 Å². The van der Waals surface area contributed by atoms with Gasteiger partial charge in [-0.15, -0.1) is 10.2 Å². The van der Waals surface area contributed by atoms with Crippen molar-refractivity contribution in [2.75, 3.05) is 5.32 Å². The Bertz CT molecular complexity index is 1160. The zero-order valence-corrected chi connectivity index (χ0v) is 19.7. The zero-order valence-electron chi connectivity index (χ0n) is 18.2. The summed E-state index contributed by atoms with van der Waals surface area (Å²) in [5, 5.41) is 13.2. The van der Waals surface area contributed by atoms with E-state index in [1.54, 1.807) is 6.33 Å². The van der Waals surface area contributed by atoms with E-state index in [4.69, 9.17) is 23.2 Å². The first-order valence-electron chi connectivity index (χ1n) is 11.0. The van der Waals surface area contributed by atoms with Gasteiger partial charge in [0, 0.05) is 22.2 Å². The molecule has 1 amide bonds. The molecule has 0 bridgehead atoms. The molecule has 166 valence electrons. The topological polar surface area (TPSA) is 59.8 Å². The highest BCUT2D eigenvalue weighted by Gasteiger charge is 2.62. The Balaban J connectivity index is 1.77. The van der Waals surface area contributed by atoms with Crippen LogP contribution in [-0.4, -0.2) is 20.7 Å². The Hall–Kier alpha value is -2.37. The highest BCUT2D eigenvalue weighted by Crippen LogP contribution is 2.59. The number of fused-ring (bicyclic) bond motifs is 3. The predicted octanol–water partition coefficient (Wildman–Crippen LogP) is 5.84. The van der Waals surface area contributed by atoms with E-state index in [9.17, 15) is 4.79 Å². The lowest BCUT2D eigenvalue weighted by Gasteiger charge is -2.49. The number of allylic oxidation sites excluding steroid dienone is 5. The van der Waals surface area contributed by atoms with Gasteiger partial charge in [-0.25, -0.2) is 0 Å². The van der Waals surface area contributed by atoms with Gasteiger partial charge in [-0.05, 0) is 54.4 Å². The van der Waals surface area contributed by atoms with Crippen LogP contribution >= 0.6 is 23.2 Å². The summed E-state index contributed by atoms with van der Waals surface area (Å²) in [5.41, 5.74) is 1.88. The third-order valence-corrected chi connectivity index (χ3v) is 7.55. The summed E-state index contributed by atoms with van der Waals surface area (Å²) in [6.45, 7) is 8.84. The lowest BCUT2D eigenvalue weighted by Crippen LogP contribution is -2.55. The second kappa shape index (κ2) is 7.89. The molecule has 0 radical (unpaired) electrons. The standard InChI is InChI=1S/C25H26Cl2N4O/c1-14(2)9-15(3)23-25(19-8-7-18(27)11-21(19)29-24(25)32)20(12-22-30-28-13-31(22)23)16-5-4-6-17(26)10-16/h4-8,11,13-14,16,20,23H,3,9-10,12H2,1-2H3,(H,29,32)/t16?,20-,23+,25-/m0/s1. The minimum Gasteiger partial charge on any atom is -0.325 e. The van der Waals surface area contributed by atoms with Crippen LogP contribution in [0.1, 0.15) is 44.1 Å². The second-order valence-corrected chi connectivity index (χ2v) is 10.4. The van der Waals surface area contributed by atoms with E-state index in [1.165, 1.54) is 0 Å². The first kappa shape index (κ1) is 21.5. The Morgan fingerprint density at radius 2 is 2.16 bits per heavy atom. The molecule has 5 nitrogen and oxygen atoms in total. The van der Waals surface area contributed by atoms with Gasteiger partial charge in [-0.3, -0.25) is 4.79 Å². The molecule has 7 heteroatoms. The van der Waals surface area contributed by atoms with Gasteiger partial charge in [-0.2, -0.15) is 0 Å². The van der Waals surface area contributed by atoms with Crippen LogP contribution in [0.15, 0.2) is 59.9 Å². The first-order chi connectivity index (χ1) is 15.3. The molecular formula is C25H26Cl2N4O. The van der Waals surface area contributed by atoms with E-state index in [0.717, 1.165) is 34.1 Å². The van der Waals surface area contributed by atoms with Gasteiger partial charge < -0.3 is 9.88 Å². The highest BCUT2D eigenvalue weighted by molar-refractivity contribution is 6.31. The van der Waals surface area contributed by atoms with E-state index >= 15 is 0 Å². The maximum absolute atomic E-state index is 14.1. The molecule has 4 atom stereocenters. The number of nitrogens with one attached hydrogen (secondary N) is 1. The summed E-state index contributed by atoms with van der Waals surface area (Å²) >= 11 is 12.8. The van der Waals surface area contributed by atoms with Crippen molar-refractivity contribution in [2.24, 2.45) is 17.8 Å². The summed E-state index contributed by atoms with van der Waals surface area (Å²) in [5.74, 6) is 1.28. The van der Waals surface area contributed by atoms with Gasteiger partial charge in [-0.1, -0.05) is 67.4 Å². The molecule has 1 N–H and O–H groups in total.